The first-order valence-corrected chi connectivity index (χ1v) is 8.78. The summed E-state index contributed by atoms with van der Waals surface area (Å²) >= 11 is 0. The van der Waals surface area contributed by atoms with Gasteiger partial charge in [-0.05, 0) is 6.42 Å². The first kappa shape index (κ1) is 17.2. The zero-order chi connectivity index (χ0) is 17.0. The summed E-state index contributed by atoms with van der Waals surface area (Å²) in [5.41, 5.74) is 0.442. The van der Waals surface area contributed by atoms with Crippen molar-refractivity contribution in [2.75, 3.05) is 38.2 Å². The van der Waals surface area contributed by atoms with Crippen LogP contribution in [-0.2, 0) is 9.84 Å². The summed E-state index contributed by atoms with van der Waals surface area (Å²) in [6.07, 6.45) is 0.422. The number of carbonyl (C=O) groups excluding carboxylic acids is 1. The Morgan fingerprint density at radius 2 is 1.74 bits per heavy atom. The molecule has 2 amide bonds. The van der Waals surface area contributed by atoms with Crippen LogP contribution < -0.4 is 24.8 Å². The molecule has 1 atom stereocenters. The average Bonchev–Trinajstić information content (AvgIpc) is 2.84. The summed E-state index contributed by atoms with van der Waals surface area (Å²) < 4.78 is 38.4. The number of amides is 2. The second-order valence-electron chi connectivity index (χ2n) is 5.11. The Morgan fingerprint density at radius 1 is 1.13 bits per heavy atom. The number of benzene rings is 1. The van der Waals surface area contributed by atoms with Gasteiger partial charge in [0.25, 0.3) is 0 Å². The first-order chi connectivity index (χ1) is 10.9. The molecule has 1 aromatic rings. The summed E-state index contributed by atoms with van der Waals surface area (Å²) in [7, 11) is 1.40. The van der Waals surface area contributed by atoms with Crippen LogP contribution in [0.1, 0.15) is 6.42 Å². The number of anilines is 1. The highest BCUT2D eigenvalue weighted by molar-refractivity contribution is 7.91. The summed E-state index contributed by atoms with van der Waals surface area (Å²) in [5, 5.41) is 5.28. The van der Waals surface area contributed by atoms with Crippen LogP contribution in [0.5, 0.6) is 17.2 Å². The van der Waals surface area contributed by atoms with Crippen molar-refractivity contribution in [3.8, 4) is 17.2 Å². The molecule has 2 N–H and O–H groups in total. The third kappa shape index (κ3) is 4.19. The fourth-order valence-electron chi connectivity index (χ4n) is 2.41. The Morgan fingerprint density at radius 3 is 2.17 bits per heavy atom. The van der Waals surface area contributed by atoms with E-state index in [1.165, 1.54) is 21.3 Å². The second-order valence-corrected chi connectivity index (χ2v) is 7.34. The fraction of sp³-hybridized carbons (Fsp3) is 0.500. The maximum atomic E-state index is 12.0. The van der Waals surface area contributed by atoms with Crippen LogP contribution in [-0.4, -0.2) is 53.3 Å². The van der Waals surface area contributed by atoms with Gasteiger partial charge >= 0.3 is 6.03 Å². The predicted octanol–water partition coefficient (Wildman–Crippen LogP) is 1.02. The first-order valence-electron chi connectivity index (χ1n) is 6.96. The summed E-state index contributed by atoms with van der Waals surface area (Å²) in [6, 6.07) is 2.32. The number of methoxy groups -OCH3 is 3. The molecule has 0 bridgehead atoms. The van der Waals surface area contributed by atoms with Gasteiger partial charge in [0, 0.05) is 18.2 Å². The van der Waals surface area contributed by atoms with Crippen molar-refractivity contribution < 1.29 is 27.4 Å². The van der Waals surface area contributed by atoms with Crippen LogP contribution in [0, 0.1) is 0 Å². The zero-order valence-electron chi connectivity index (χ0n) is 13.2. The summed E-state index contributed by atoms with van der Waals surface area (Å²) in [4.78, 5) is 12.0. The smallest absolute Gasteiger partial charge is 0.319 e. The quantitative estimate of drug-likeness (QED) is 0.827. The Labute approximate surface area is 135 Å². The maximum absolute atomic E-state index is 12.0. The van der Waals surface area contributed by atoms with E-state index in [9.17, 15) is 13.2 Å². The highest BCUT2D eigenvalue weighted by atomic mass is 32.2. The van der Waals surface area contributed by atoms with Gasteiger partial charge in [0.1, 0.15) is 0 Å². The monoisotopic (exact) mass is 344 g/mol. The van der Waals surface area contributed by atoms with Crippen molar-refractivity contribution in [3.63, 3.8) is 0 Å². The number of ether oxygens (including phenoxy) is 3. The Balaban J connectivity index is 2.09. The van der Waals surface area contributed by atoms with Gasteiger partial charge in [-0.15, -0.1) is 0 Å². The van der Waals surface area contributed by atoms with Crippen LogP contribution in [0.15, 0.2) is 12.1 Å². The van der Waals surface area contributed by atoms with Crippen molar-refractivity contribution in [3.05, 3.63) is 12.1 Å². The molecular formula is C14H20N2O6S. The number of carbonyl (C=O) groups is 1. The van der Waals surface area contributed by atoms with E-state index < -0.39 is 15.9 Å². The van der Waals surface area contributed by atoms with Gasteiger partial charge < -0.3 is 24.8 Å². The molecule has 1 aliphatic heterocycles. The highest BCUT2D eigenvalue weighted by Gasteiger charge is 2.29. The van der Waals surface area contributed by atoms with E-state index in [0.29, 0.717) is 29.4 Å². The minimum atomic E-state index is -3.04. The summed E-state index contributed by atoms with van der Waals surface area (Å²) in [6.45, 7) is 0. The third-order valence-electron chi connectivity index (χ3n) is 3.49. The van der Waals surface area contributed by atoms with Crippen LogP contribution in [0.3, 0.4) is 0 Å². The average molecular weight is 344 g/mol. The predicted molar refractivity (Wildman–Crippen MR) is 85.3 cm³/mol. The molecule has 2 rings (SSSR count). The van der Waals surface area contributed by atoms with Gasteiger partial charge in [0.2, 0.25) is 5.75 Å². The minimum Gasteiger partial charge on any atom is -0.493 e. The number of urea groups is 1. The Bertz CT molecular complexity index is 664. The van der Waals surface area contributed by atoms with Crippen LogP contribution in [0.4, 0.5) is 10.5 Å². The molecule has 1 heterocycles. The Hall–Kier alpha value is -2.16. The van der Waals surface area contributed by atoms with E-state index in [-0.39, 0.29) is 17.5 Å². The second kappa shape index (κ2) is 6.95. The standard InChI is InChI=1S/C14H20N2O6S/c1-20-11-6-10(7-12(21-2)13(11)22-3)16-14(17)15-9-4-5-23(18,19)8-9/h6-7,9H,4-5,8H2,1-3H3,(H2,15,16,17). The van der Waals surface area contributed by atoms with Crippen LogP contribution >= 0.6 is 0 Å². The maximum Gasteiger partial charge on any atom is 0.319 e. The van der Waals surface area contributed by atoms with E-state index in [0.717, 1.165) is 0 Å². The summed E-state index contributed by atoms with van der Waals surface area (Å²) in [5.74, 6) is 1.30. The molecule has 1 fully saturated rings. The van der Waals surface area contributed by atoms with E-state index in [1.807, 2.05) is 0 Å². The minimum absolute atomic E-state index is 0.0321. The van der Waals surface area contributed by atoms with Gasteiger partial charge in [-0.2, -0.15) is 0 Å². The van der Waals surface area contributed by atoms with Crippen LogP contribution in [0.25, 0.3) is 0 Å². The van der Waals surface area contributed by atoms with Crippen molar-refractivity contribution in [2.45, 2.75) is 12.5 Å². The molecule has 9 heteroatoms. The van der Waals surface area contributed by atoms with Gasteiger partial charge in [-0.1, -0.05) is 0 Å². The van der Waals surface area contributed by atoms with Gasteiger partial charge in [-0.3, -0.25) is 0 Å². The number of hydrogen-bond donors (Lipinski definition) is 2. The van der Waals surface area contributed by atoms with Crippen molar-refractivity contribution in [1.29, 1.82) is 0 Å². The number of hydrogen-bond acceptors (Lipinski definition) is 6. The molecule has 128 valence electrons. The molecule has 0 saturated carbocycles. The number of nitrogens with one attached hydrogen (secondary N) is 2. The lowest BCUT2D eigenvalue weighted by Gasteiger charge is -2.16. The molecule has 8 nitrogen and oxygen atoms in total. The van der Waals surface area contributed by atoms with Gasteiger partial charge in [-0.25, -0.2) is 13.2 Å². The molecule has 1 aliphatic rings. The third-order valence-corrected chi connectivity index (χ3v) is 5.26. The molecule has 0 aromatic heterocycles. The van der Waals surface area contributed by atoms with Crippen molar-refractivity contribution in [1.82, 2.24) is 5.32 Å². The molecule has 1 saturated heterocycles. The van der Waals surface area contributed by atoms with E-state index >= 15 is 0 Å². The van der Waals surface area contributed by atoms with Crippen molar-refractivity contribution >= 4 is 21.6 Å². The number of rotatable bonds is 5. The van der Waals surface area contributed by atoms with Gasteiger partial charge in [0.15, 0.2) is 21.3 Å². The van der Waals surface area contributed by atoms with E-state index in [1.54, 1.807) is 12.1 Å². The molecule has 0 radical (unpaired) electrons. The van der Waals surface area contributed by atoms with Crippen molar-refractivity contribution in [2.24, 2.45) is 0 Å². The lowest BCUT2D eigenvalue weighted by atomic mass is 10.2. The van der Waals surface area contributed by atoms with Crippen LogP contribution in [0.2, 0.25) is 0 Å². The molecular weight excluding hydrogens is 324 g/mol. The molecule has 1 aromatic carbocycles. The molecule has 23 heavy (non-hydrogen) atoms. The Kier molecular flexibility index (Phi) is 5.19. The lowest BCUT2D eigenvalue weighted by Crippen LogP contribution is -2.38. The molecule has 0 aliphatic carbocycles. The van der Waals surface area contributed by atoms with Gasteiger partial charge in [0.05, 0.1) is 38.5 Å². The molecule has 0 spiro atoms. The fourth-order valence-corrected chi connectivity index (χ4v) is 4.09. The van der Waals surface area contributed by atoms with E-state index in [2.05, 4.69) is 10.6 Å². The normalized spacial score (nSPS) is 19.0. The van der Waals surface area contributed by atoms with E-state index in [4.69, 9.17) is 14.2 Å². The highest BCUT2D eigenvalue weighted by Crippen LogP contribution is 2.39. The largest absolute Gasteiger partial charge is 0.493 e. The zero-order valence-corrected chi connectivity index (χ0v) is 14.0. The SMILES string of the molecule is COc1cc(NC(=O)NC2CCS(=O)(=O)C2)cc(OC)c1OC. The topological polar surface area (TPSA) is 103 Å². The molecule has 1 unspecified atom stereocenters. The lowest BCUT2D eigenvalue weighted by molar-refractivity contribution is 0.249. The number of sulfone groups is 1.